The molecule has 1 N–H and O–H groups in total. The average molecular weight is 359 g/mol. The van der Waals surface area contributed by atoms with Crippen molar-refractivity contribution in [3.8, 4) is 22.6 Å². The predicted molar refractivity (Wildman–Crippen MR) is 109 cm³/mol. The van der Waals surface area contributed by atoms with E-state index in [9.17, 15) is 5.11 Å². The number of fused-ring (bicyclic) bond motifs is 1. The van der Waals surface area contributed by atoms with Gasteiger partial charge in [0.1, 0.15) is 0 Å². The Kier molecular flexibility index (Phi) is 4.87. The molecule has 1 aliphatic rings. The maximum absolute atomic E-state index is 10.1. The SMILES string of the molecule is COc1cc2c(cc1O)CCN(C)C2Cc1ccc(-c2ccccc2)cc1. The van der Waals surface area contributed by atoms with Crippen LogP contribution in [0.1, 0.15) is 22.7 Å². The second-order valence-corrected chi connectivity index (χ2v) is 7.24. The highest BCUT2D eigenvalue weighted by Crippen LogP contribution is 2.38. The number of ether oxygens (including phenoxy) is 1. The molecule has 1 heterocycles. The first-order valence-corrected chi connectivity index (χ1v) is 9.40. The van der Waals surface area contributed by atoms with Gasteiger partial charge < -0.3 is 9.84 Å². The van der Waals surface area contributed by atoms with Gasteiger partial charge in [-0.2, -0.15) is 0 Å². The number of benzene rings is 3. The van der Waals surface area contributed by atoms with Crippen LogP contribution in [-0.4, -0.2) is 30.7 Å². The van der Waals surface area contributed by atoms with Crippen LogP contribution in [0, 0.1) is 0 Å². The zero-order valence-corrected chi connectivity index (χ0v) is 15.9. The number of hydrogen-bond donors (Lipinski definition) is 1. The van der Waals surface area contributed by atoms with Gasteiger partial charge in [0.15, 0.2) is 11.5 Å². The van der Waals surface area contributed by atoms with E-state index in [0.717, 1.165) is 19.4 Å². The Labute approximate surface area is 160 Å². The van der Waals surface area contributed by atoms with Crippen molar-refractivity contribution in [3.05, 3.63) is 83.4 Å². The summed E-state index contributed by atoms with van der Waals surface area (Å²) >= 11 is 0. The Morgan fingerprint density at radius 2 is 1.70 bits per heavy atom. The first-order valence-electron chi connectivity index (χ1n) is 9.40. The number of methoxy groups -OCH3 is 1. The number of nitrogens with zero attached hydrogens (tertiary/aromatic N) is 1. The normalized spacial score (nSPS) is 16.7. The van der Waals surface area contributed by atoms with Crippen molar-refractivity contribution in [3.63, 3.8) is 0 Å². The fourth-order valence-corrected chi connectivity index (χ4v) is 3.96. The molecule has 27 heavy (non-hydrogen) atoms. The molecule has 1 aliphatic heterocycles. The Balaban J connectivity index is 1.61. The van der Waals surface area contributed by atoms with E-state index in [1.54, 1.807) is 7.11 Å². The first kappa shape index (κ1) is 17.6. The standard InChI is InChI=1S/C24H25NO2/c1-25-13-12-20-15-23(26)24(27-2)16-21(20)22(25)14-17-8-10-19(11-9-17)18-6-4-3-5-7-18/h3-11,15-16,22,26H,12-14H2,1-2H3. The summed E-state index contributed by atoms with van der Waals surface area (Å²) < 4.78 is 5.34. The van der Waals surface area contributed by atoms with E-state index in [2.05, 4.69) is 60.5 Å². The first-order chi connectivity index (χ1) is 13.2. The van der Waals surface area contributed by atoms with E-state index in [4.69, 9.17) is 4.74 Å². The highest BCUT2D eigenvalue weighted by molar-refractivity contribution is 5.63. The van der Waals surface area contributed by atoms with Gasteiger partial charge in [0.25, 0.3) is 0 Å². The molecule has 0 bridgehead atoms. The van der Waals surface area contributed by atoms with Crippen LogP contribution in [0.15, 0.2) is 66.7 Å². The van der Waals surface area contributed by atoms with Crippen LogP contribution in [0.3, 0.4) is 0 Å². The van der Waals surface area contributed by atoms with Gasteiger partial charge in [-0.05, 0) is 59.8 Å². The quantitative estimate of drug-likeness (QED) is 0.723. The molecule has 4 rings (SSSR count). The summed E-state index contributed by atoms with van der Waals surface area (Å²) in [4.78, 5) is 2.39. The third kappa shape index (κ3) is 3.56. The second kappa shape index (κ2) is 7.45. The highest BCUT2D eigenvalue weighted by atomic mass is 16.5. The largest absolute Gasteiger partial charge is 0.504 e. The van der Waals surface area contributed by atoms with Gasteiger partial charge in [-0.3, -0.25) is 4.90 Å². The Bertz CT molecular complexity index is 919. The van der Waals surface area contributed by atoms with Gasteiger partial charge in [-0.15, -0.1) is 0 Å². The topological polar surface area (TPSA) is 32.7 Å². The summed E-state index contributed by atoms with van der Waals surface area (Å²) in [6, 6.07) is 23.5. The van der Waals surface area contributed by atoms with Gasteiger partial charge >= 0.3 is 0 Å². The third-order valence-corrected chi connectivity index (χ3v) is 5.56. The summed E-state index contributed by atoms with van der Waals surface area (Å²) in [5, 5.41) is 10.1. The van der Waals surface area contributed by atoms with E-state index < -0.39 is 0 Å². The lowest BCUT2D eigenvalue weighted by Gasteiger charge is -2.35. The van der Waals surface area contributed by atoms with Crippen molar-refractivity contribution in [2.45, 2.75) is 18.9 Å². The fraction of sp³-hybridized carbons (Fsp3) is 0.250. The molecule has 1 unspecified atom stereocenters. The highest BCUT2D eigenvalue weighted by Gasteiger charge is 2.26. The fourth-order valence-electron chi connectivity index (χ4n) is 3.96. The lowest BCUT2D eigenvalue weighted by molar-refractivity contribution is 0.228. The van der Waals surface area contributed by atoms with Gasteiger partial charge in [0, 0.05) is 12.6 Å². The van der Waals surface area contributed by atoms with Crippen molar-refractivity contribution >= 4 is 0 Å². The molecular weight excluding hydrogens is 334 g/mol. The number of rotatable bonds is 4. The molecule has 3 aromatic rings. The zero-order chi connectivity index (χ0) is 18.8. The summed E-state index contributed by atoms with van der Waals surface area (Å²) in [6.45, 7) is 0.992. The van der Waals surface area contributed by atoms with Crippen LogP contribution < -0.4 is 4.74 Å². The van der Waals surface area contributed by atoms with Crippen LogP contribution in [0.4, 0.5) is 0 Å². The predicted octanol–water partition coefficient (Wildman–Crippen LogP) is 4.84. The summed E-state index contributed by atoms with van der Waals surface area (Å²) in [7, 11) is 3.77. The summed E-state index contributed by atoms with van der Waals surface area (Å²) in [5.41, 5.74) is 6.27. The van der Waals surface area contributed by atoms with Crippen LogP contribution in [0.25, 0.3) is 11.1 Å². The number of phenolic OH excluding ortho intramolecular Hbond substituents is 1. The lowest BCUT2D eigenvalue weighted by Crippen LogP contribution is -2.33. The molecule has 3 heteroatoms. The zero-order valence-electron chi connectivity index (χ0n) is 15.9. The van der Waals surface area contributed by atoms with Gasteiger partial charge in [-0.25, -0.2) is 0 Å². The Morgan fingerprint density at radius 1 is 1.00 bits per heavy atom. The maximum atomic E-state index is 10.1. The minimum absolute atomic E-state index is 0.228. The average Bonchev–Trinajstić information content (AvgIpc) is 2.71. The molecular formula is C24H25NO2. The van der Waals surface area contributed by atoms with E-state index in [1.807, 2.05) is 18.2 Å². The van der Waals surface area contributed by atoms with Crippen molar-refractivity contribution in [1.82, 2.24) is 4.90 Å². The minimum atomic E-state index is 0.228. The number of aromatic hydroxyl groups is 1. The van der Waals surface area contributed by atoms with Crippen LogP contribution in [-0.2, 0) is 12.8 Å². The molecule has 0 fully saturated rings. The van der Waals surface area contributed by atoms with E-state index in [0.29, 0.717) is 5.75 Å². The molecule has 1 atom stereocenters. The smallest absolute Gasteiger partial charge is 0.160 e. The monoisotopic (exact) mass is 359 g/mol. The molecule has 138 valence electrons. The van der Waals surface area contributed by atoms with Crippen LogP contribution >= 0.6 is 0 Å². The number of likely N-dealkylation sites (N-methyl/N-ethyl adjacent to an activating group) is 1. The minimum Gasteiger partial charge on any atom is -0.504 e. The number of hydrogen-bond acceptors (Lipinski definition) is 3. The molecule has 0 spiro atoms. The second-order valence-electron chi connectivity index (χ2n) is 7.24. The maximum Gasteiger partial charge on any atom is 0.160 e. The van der Waals surface area contributed by atoms with Crippen LogP contribution in [0.2, 0.25) is 0 Å². The van der Waals surface area contributed by atoms with E-state index in [-0.39, 0.29) is 11.8 Å². The molecule has 0 amide bonds. The van der Waals surface area contributed by atoms with E-state index >= 15 is 0 Å². The van der Waals surface area contributed by atoms with E-state index in [1.165, 1.54) is 27.8 Å². The number of phenols is 1. The third-order valence-electron chi connectivity index (χ3n) is 5.56. The van der Waals surface area contributed by atoms with Gasteiger partial charge in [0.2, 0.25) is 0 Å². The molecule has 0 aromatic heterocycles. The lowest BCUT2D eigenvalue weighted by atomic mass is 9.88. The van der Waals surface area contributed by atoms with Gasteiger partial charge in [0.05, 0.1) is 7.11 Å². The molecule has 0 saturated heterocycles. The molecule has 3 nitrogen and oxygen atoms in total. The molecule has 0 radical (unpaired) electrons. The summed E-state index contributed by atoms with van der Waals surface area (Å²) in [6.07, 6.45) is 1.89. The van der Waals surface area contributed by atoms with Crippen molar-refractivity contribution < 1.29 is 9.84 Å². The van der Waals surface area contributed by atoms with Crippen molar-refractivity contribution in [2.24, 2.45) is 0 Å². The Hall–Kier alpha value is -2.78. The Morgan fingerprint density at radius 3 is 2.41 bits per heavy atom. The van der Waals surface area contributed by atoms with Gasteiger partial charge in [-0.1, -0.05) is 54.6 Å². The van der Waals surface area contributed by atoms with Crippen molar-refractivity contribution in [2.75, 3.05) is 20.7 Å². The molecule has 0 aliphatic carbocycles. The molecule has 0 saturated carbocycles. The summed E-state index contributed by atoms with van der Waals surface area (Å²) in [5.74, 6) is 0.778. The van der Waals surface area contributed by atoms with Crippen molar-refractivity contribution in [1.29, 1.82) is 0 Å². The molecule has 3 aromatic carbocycles. The van der Waals surface area contributed by atoms with Crippen LogP contribution in [0.5, 0.6) is 11.5 Å².